The van der Waals surface area contributed by atoms with Crippen molar-refractivity contribution in [2.75, 3.05) is 4.90 Å². The number of hydrogen-bond acceptors (Lipinski definition) is 3. The van der Waals surface area contributed by atoms with Crippen molar-refractivity contribution in [3.05, 3.63) is 23.2 Å². The van der Waals surface area contributed by atoms with Crippen LogP contribution in [0.4, 0.5) is 5.69 Å². The maximum absolute atomic E-state index is 12.4. The number of carboxylic acid groups (broad SMARTS) is 1. The van der Waals surface area contributed by atoms with Crippen molar-refractivity contribution in [3.8, 4) is 5.75 Å². The molecule has 2 unspecified atom stereocenters. The number of halogens is 1. The monoisotopic (exact) mass is 297 g/mol. The van der Waals surface area contributed by atoms with E-state index < -0.39 is 18.1 Å². The Labute approximate surface area is 122 Å². The van der Waals surface area contributed by atoms with E-state index in [2.05, 4.69) is 0 Å². The van der Waals surface area contributed by atoms with Gasteiger partial charge in [0, 0.05) is 5.02 Å². The first-order chi connectivity index (χ1) is 9.49. The summed E-state index contributed by atoms with van der Waals surface area (Å²) in [5.74, 6) is -0.888. The Morgan fingerprint density at radius 1 is 1.50 bits per heavy atom. The van der Waals surface area contributed by atoms with E-state index in [0.29, 0.717) is 29.3 Å². The third-order valence-electron chi connectivity index (χ3n) is 3.32. The second-order valence-electron chi connectivity index (χ2n) is 4.60. The van der Waals surface area contributed by atoms with Crippen molar-refractivity contribution in [1.29, 1.82) is 0 Å². The molecule has 5 nitrogen and oxygen atoms in total. The lowest BCUT2D eigenvalue weighted by atomic mass is 10.1. The highest BCUT2D eigenvalue weighted by molar-refractivity contribution is 6.31. The van der Waals surface area contributed by atoms with Crippen molar-refractivity contribution in [2.45, 2.75) is 38.8 Å². The average Bonchev–Trinajstić information content (AvgIpc) is 2.41. The fourth-order valence-corrected chi connectivity index (χ4v) is 2.47. The normalized spacial score (nSPS) is 19.2. The predicted octanol–water partition coefficient (Wildman–Crippen LogP) is 2.71. The van der Waals surface area contributed by atoms with E-state index in [1.165, 1.54) is 4.90 Å². The van der Waals surface area contributed by atoms with Crippen LogP contribution in [0.5, 0.6) is 5.75 Å². The van der Waals surface area contributed by atoms with Crippen LogP contribution < -0.4 is 9.64 Å². The molecule has 0 aliphatic carbocycles. The molecule has 20 heavy (non-hydrogen) atoms. The van der Waals surface area contributed by atoms with Crippen LogP contribution in [0.25, 0.3) is 0 Å². The molecular weight excluding hydrogens is 282 g/mol. The maximum Gasteiger partial charge on any atom is 0.326 e. The Hall–Kier alpha value is -1.75. The lowest BCUT2D eigenvalue weighted by Crippen LogP contribution is -2.53. The molecule has 6 heteroatoms. The minimum absolute atomic E-state index is 0.309. The molecule has 1 aromatic rings. The van der Waals surface area contributed by atoms with Gasteiger partial charge in [-0.3, -0.25) is 9.69 Å². The third kappa shape index (κ3) is 2.45. The zero-order chi connectivity index (χ0) is 14.9. The number of carbonyl (C=O) groups is 2. The smallest absolute Gasteiger partial charge is 0.326 e. The van der Waals surface area contributed by atoms with Gasteiger partial charge in [-0.15, -0.1) is 0 Å². The summed E-state index contributed by atoms with van der Waals surface area (Å²) in [5.41, 5.74) is 0.418. The van der Waals surface area contributed by atoms with Crippen LogP contribution in [0.1, 0.15) is 26.7 Å². The second-order valence-corrected chi connectivity index (χ2v) is 5.03. The van der Waals surface area contributed by atoms with E-state index in [-0.39, 0.29) is 5.91 Å². The van der Waals surface area contributed by atoms with Gasteiger partial charge in [0.25, 0.3) is 5.91 Å². The van der Waals surface area contributed by atoms with E-state index >= 15 is 0 Å². The Morgan fingerprint density at radius 3 is 2.75 bits per heavy atom. The molecule has 1 N–H and O–H groups in total. The highest BCUT2D eigenvalue weighted by Crippen LogP contribution is 2.38. The molecule has 0 saturated carbocycles. The maximum atomic E-state index is 12.4. The topological polar surface area (TPSA) is 66.8 Å². The summed E-state index contributed by atoms with van der Waals surface area (Å²) in [4.78, 5) is 25.1. The summed E-state index contributed by atoms with van der Waals surface area (Å²) in [5, 5.41) is 9.76. The number of carbonyl (C=O) groups excluding carboxylic acids is 1. The van der Waals surface area contributed by atoms with E-state index in [4.69, 9.17) is 16.3 Å². The van der Waals surface area contributed by atoms with Crippen LogP contribution >= 0.6 is 11.6 Å². The number of ether oxygens (including phenoxy) is 1. The first-order valence-electron chi connectivity index (χ1n) is 6.51. The molecule has 0 fully saturated rings. The third-order valence-corrected chi connectivity index (χ3v) is 3.55. The quantitative estimate of drug-likeness (QED) is 0.928. The predicted molar refractivity (Wildman–Crippen MR) is 75.4 cm³/mol. The minimum atomic E-state index is -1.04. The van der Waals surface area contributed by atoms with Gasteiger partial charge in [0.05, 0.1) is 5.69 Å². The number of hydrogen-bond donors (Lipinski definition) is 1. The number of carboxylic acids is 1. The van der Waals surface area contributed by atoms with Gasteiger partial charge in [0.15, 0.2) is 6.10 Å². The van der Waals surface area contributed by atoms with E-state index in [1.807, 2.05) is 6.92 Å². The minimum Gasteiger partial charge on any atom is -0.480 e. The Morgan fingerprint density at radius 2 is 2.20 bits per heavy atom. The number of nitrogens with zero attached hydrogens (tertiary/aromatic N) is 1. The highest BCUT2D eigenvalue weighted by atomic mass is 35.5. The number of fused-ring (bicyclic) bond motifs is 1. The summed E-state index contributed by atoms with van der Waals surface area (Å²) in [6.07, 6.45) is 0.133. The summed E-state index contributed by atoms with van der Waals surface area (Å²) in [6, 6.07) is 3.96. The molecule has 0 bridgehead atoms. The SMILES string of the molecule is CCC1Oc2ccc(Cl)cc2N(C(CC)C(=O)O)C1=O. The first kappa shape index (κ1) is 14.7. The standard InChI is InChI=1S/C14H16ClNO4/c1-3-9(14(18)19)16-10-7-8(15)5-6-12(10)20-11(4-2)13(16)17/h5-7,9,11H,3-4H2,1-2H3,(H,18,19). The van der Waals surface area contributed by atoms with Crippen LogP contribution in [-0.4, -0.2) is 29.1 Å². The Bertz CT molecular complexity index is 546. The molecule has 0 spiro atoms. The lowest BCUT2D eigenvalue weighted by Gasteiger charge is -2.37. The number of rotatable bonds is 4. The summed E-state index contributed by atoms with van der Waals surface area (Å²) >= 11 is 5.95. The molecule has 0 aromatic heterocycles. The summed E-state index contributed by atoms with van der Waals surface area (Å²) < 4.78 is 5.61. The van der Waals surface area contributed by atoms with Crippen molar-refractivity contribution >= 4 is 29.2 Å². The molecule has 1 aliphatic rings. The first-order valence-corrected chi connectivity index (χ1v) is 6.89. The molecule has 1 aromatic carbocycles. The van der Waals surface area contributed by atoms with Gasteiger partial charge in [-0.1, -0.05) is 25.4 Å². The van der Waals surface area contributed by atoms with Gasteiger partial charge in [0.2, 0.25) is 0 Å². The van der Waals surface area contributed by atoms with Crippen LogP contribution in [-0.2, 0) is 9.59 Å². The number of aliphatic carboxylic acids is 1. The zero-order valence-electron chi connectivity index (χ0n) is 11.3. The molecule has 108 valence electrons. The summed E-state index contributed by atoms with van der Waals surface area (Å²) in [7, 11) is 0. The van der Waals surface area contributed by atoms with Gasteiger partial charge in [-0.2, -0.15) is 0 Å². The molecule has 2 rings (SSSR count). The van der Waals surface area contributed by atoms with Gasteiger partial charge >= 0.3 is 5.97 Å². The number of benzene rings is 1. The van der Waals surface area contributed by atoms with Crippen LogP contribution in [0.2, 0.25) is 5.02 Å². The van der Waals surface area contributed by atoms with E-state index in [1.54, 1.807) is 25.1 Å². The second kappa shape index (κ2) is 5.71. The van der Waals surface area contributed by atoms with Crippen molar-refractivity contribution < 1.29 is 19.4 Å². The number of amides is 1. The van der Waals surface area contributed by atoms with Crippen molar-refractivity contribution in [3.63, 3.8) is 0 Å². The van der Waals surface area contributed by atoms with Crippen molar-refractivity contribution in [2.24, 2.45) is 0 Å². The zero-order valence-corrected chi connectivity index (χ0v) is 12.1. The fourth-order valence-electron chi connectivity index (χ4n) is 2.30. The lowest BCUT2D eigenvalue weighted by molar-refractivity contribution is -0.141. The van der Waals surface area contributed by atoms with E-state index in [0.717, 1.165) is 0 Å². The summed E-state index contributed by atoms with van der Waals surface area (Å²) in [6.45, 7) is 3.55. The molecule has 1 heterocycles. The van der Waals surface area contributed by atoms with Gasteiger partial charge in [0.1, 0.15) is 11.8 Å². The van der Waals surface area contributed by atoms with Gasteiger partial charge < -0.3 is 9.84 Å². The Balaban J connectivity index is 2.55. The molecule has 1 amide bonds. The molecule has 0 radical (unpaired) electrons. The average molecular weight is 298 g/mol. The Kier molecular flexibility index (Phi) is 4.18. The van der Waals surface area contributed by atoms with Gasteiger partial charge in [-0.25, -0.2) is 4.79 Å². The molecule has 1 aliphatic heterocycles. The molecule has 2 atom stereocenters. The van der Waals surface area contributed by atoms with Gasteiger partial charge in [-0.05, 0) is 31.0 Å². The van der Waals surface area contributed by atoms with Crippen LogP contribution in [0.15, 0.2) is 18.2 Å². The van der Waals surface area contributed by atoms with Crippen LogP contribution in [0.3, 0.4) is 0 Å². The number of anilines is 1. The van der Waals surface area contributed by atoms with Crippen LogP contribution in [0, 0.1) is 0 Å². The molecule has 0 saturated heterocycles. The molecular formula is C14H16ClNO4. The highest BCUT2D eigenvalue weighted by Gasteiger charge is 2.39. The largest absolute Gasteiger partial charge is 0.480 e. The van der Waals surface area contributed by atoms with Crippen molar-refractivity contribution in [1.82, 2.24) is 0 Å². The van der Waals surface area contributed by atoms with E-state index in [9.17, 15) is 14.7 Å². The fraction of sp³-hybridized carbons (Fsp3) is 0.429.